The van der Waals surface area contributed by atoms with E-state index in [1.165, 1.54) is 0 Å². The zero-order valence-corrected chi connectivity index (χ0v) is 14.2. The Hall–Kier alpha value is -0.820. The van der Waals surface area contributed by atoms with Crippen LogP contribution in [0.25, 0.3) is 0 Å². The molecule has 13 heteroatoms. The molecule has 0 bridgehead atoms. The Balaban J connectivity index is 2.66. The van der Waals surface area contributed by atoms with Crippen molar-refractivity contribution in [2.75, 3.05) is 13.1 Å². The van der Waals surface area contributed by atoms with Gasteiger partial charge in [0.1, 0.15) is 30.5 Å². The van der Waals surface area contributed by atoms with E-state index in [-0.39, 0.29) is 6.54 Å². The molecule has 148 valence electrons. The van der Waals surface area contributed by atoms with Crippen LogP contribution >= 0.6 is 7.82 Å². The standard InChI is InChI=1S/C12H25N2O10P/c13-4-2-1-3-5-14-12(19)23-10-7(16)6(15)8(17)11(9(10)18)24-25(20,21)22/h6-11,15-18H,1-5,13H2,(H,14,19)(H2,20,21,22)/t6-,7-,8-,9-,10+,11-/m0/s1. The first-order valence-corrected chi connectivity index (χ1v) is 9.22. The minimum Gasteiger partial charge on any atom is -0.440 e. The molecule has 1 amide bonds. The summed E-state index contributed by atoms with van der Waals surface area (Å²) >= 11 is 0. The number of aliphatic hydroxyl groups is 4. The molecular formula is C12H25N2O10P. The minimum absolute atomic E-state index is 0.241. The maximum absolute atomic E-state index is 11.7. The van der Waals surface area contributed by atoms with Gasteiger partial charge in [-0.25, -0.2) is 9.36 Å². The fourth-order valence-electron chi connectivity index (χ4n) is 2.41. The number of phosphoric ester groups is 1. The first-order valence-electron chi connectivity index (χ1n) is 7.69. The molecule has 0 aromatic carbocycles. The van der Waals surface area contributed by atoms with Crippen molar-refractivity contribution in [2.24, 2.45) is 5.73 Å². The molecule has 6 atom stereocenters. The number of nitrogens with one attached hydrogen (secondary N) is 1. The van der Waals surface area contributed by atoms with Crippen molar-refractivity contribution < 1.29 is 48.8 Å². The summed E-state index contributed by atoms with van der Waals surface area (Å²) in [4.78, 5) is 29.3. The van der Waals surface area contributed by atoms with E-state index in [0.717, 1.165) is 12.8 Å². The third-order valence-corrected chi connectivity index (χ3v) is 4.22. The molecule has 1 saturated carbocycles. The van der Waals surface area contributed by atoms with Gasteiger partial charge in [0.25, 0.3) is 0 Å². The predicted octanol–water partition coefficient (Wildman–Crippen LogP) is -2.85. The number of carbonyl (C=O) groups excluding carboxylic acids is 1. The number of hydrogen-bond acceptors (Lipinski definition) is 9. The number of phosphoric acid groups is 1. The second-order valence-corrected chi connectivity index (χ2v) is 6.86. The molecule has 0 unspecified atom stereocenters. The zero-order valence-electron chi connectivity index (χ0n) is 13.3. The largest absolute Gasteiger partial charge is 0.470 e. The van der Waals surface area contributed by atoms with E-state index in [1.807, 2.05) is 0 Å². The number of aliphatic hydroxyl groups excluding tert-OH is 4. The molecule has 0 radical (unpaired) electrons. The molecule has 1 aliphatic rings. The van der Waals surface area contributed by atoms with Crippen LogP contribution in [0.3, 0.4) is 0 Å². The highest BCUT2D eigenvalue weighted by molar-refractivity contribution is 7.46. The Bertz CT molecular complexity index is 475. The van der Waals surface area contributed by atoms with Crippen LogP contribution in [0.5, 0.6) is 0 Å². The van der Waals surface area contributed by atoms with Gasteiger partial charge >= 0.3 is 13.9 Å². The first kappa shape index (κ1) is 22.2. The molecule has 0 spiro atoms. The average Bonchev–Trinajstić information content (AvgIpc) is 2.53. The van der Waals surface area contributed by atoms with Crippen LogP contribution in [0.1, 0.15) is 19.3 Å². The van der Waals surface area contributed by atoms with Crippen molar-refractivity contribution in [2.45, 2.75) is 55.9 Å². The lowest BCUT2D eigenvalue weighted by atomic mass is 9.85. The van der Waals surface area contributed by atoms with Gasteiger partial charge in [-0.05, 0) is 19.4 Å². The van der Waals surface area contributed by atoms with Gasteiger partial charge in [-0.1, -0.05) is 6.42 Å². The SMILES string of the molecule is NCCCCCNC(=O)O[C@H]1[C@H](O)[C@@H](OP(=O)(O)O)[C@@H](O)[C@@H](O)[C@@H]1O. The number of alkyl carbamates (subject to hydrolysis) is 1. The minimum atomic E-state index is -5.12. The topological polar surface area (TPSA) is 212 Å². The lowest BCUT2D eigenvalue weighted by molar-refractivity contribution is -0.219. The van der Waals surface area contributed by atoms with Gasteiger partial charge in [0.2, 0.25) is 0 Å². The molecule has 0 aromatic rings. The van der Waals surface area contributed by atoms with Gasteiger partial charge in [-0.2, -0.15) is 0 Å². The van der Waals surface area contributed by atoms with Gasteiger partial charge in [0.05, 0.1) is 0 Å². The molecule has 1 rings (SSSR count). The number of nitrogens with two attached hydrogens (primary N) is 1. The summed E-state index contributed by atoms with van der Waals surface area (Å²) in [6, 6.07) is 0. The number of unbranched alkanes of at least 4 members (excludes halogenated alkanes) is 2. The zero-order chi connectivity index (χ0) is 19.2. The summed E-state index contributed by atoms with van der Waals surface area (Å²) in [6.45, 7) is 0.761. The van der Waals surface area contributed by atoms with E-state index in [2.05, 4.69) is 9.84 Å². The number of carbonyl (C=O) groups is 1. The van der Waals surface area contributed by atoms with Crippen molar-refractivity contribution in [3.63, 3.8) is 0 Å². The van der Waals surface area contributed by atoms with E-state index in [1.54, 1.807) is 0 Å². The number of amides is 1. The summed E-state index contributed by atoms with van der Waals surface area (Å²) in [5.74, 6) is 0. The van der Waals surface area contributed by atoms with E-state index in [4.69, 9.17) is 20.3 Å². The third-order valence-electron chi connectivity index (χ3n) is 3.70. The van der Waals surface area contributed by atoms with Crippen molar-refractivity contribution in [3.05, 3.63) is 0 Å². The van der Waals surface area contributed by atoms with Crippen molar-refractivity contribution in [1.29, 1.82) is 0 Å². The fraction of sp³-hybridized carbons (Fsp3) is 0.917. The van der Waals surface area contributed by atoms with E-state index in [9.17, 15) is 29.8 Å². The Kier molecular flexibility index (Phi) is 8.68. The van der Waals surface area contributed by atoms with E-state index < -0.39 is 50.5 Å². The van der Waals surface area contributed by atoms with Gasteiger partial charge in [-0.15, -0.1) is 0 Å². The molecule has 25 heavy (non-hydrogen) atoms. The fourth-order valence-corrected chi connectivity index (χ4v) is 2.97. The quantitative estimate of drug-likeness (QED) is 0.156. The molecule has 12 nitrogen and oxygen atoms in total. The maximum Gasteiger partial charge on any atom is 0.470 e. The van der Waals surface area contributed by atoms with Crippen LogP contribution in [0, 0.1) is 0 Å². The average molecular weight is 388 g/mol. The monoisotopic (exact) mass is 388 g/mol. The number of hydrogen-bond donors (Lipinski definition) is 8. The Morgan fingerprint density at radius 1 is 0.960 bits per heavy atom. The van der Waals surface area contributed by atoms with Gasteiger partial charge < -0.3 is 46.0 Å². The molecule has 0 saturated heterocycles. The smallest absolute Gasteiger partial charge is 0.440 e. The van der Waals surface area contributed by atoms with Crippen molar-refractivity contribution >= 4 is 13.9 Å². The van der Waals surface area contributed by atoms with Crippen LogP contribution in [-0.4, -0.2) is 86.0 Å². The molecule has 0 aliphatic heterocycles. The summed E-state index contributed by atoms with van der Waals surface area (Å²) < 4.78 is 20.0. The van der Waals surface area contributed by atoms with Gasteiger partial charge in [0, 0.05) is 6.54 Å². The molecule has 1 aliphatic carbocycles. The lowest BCUT2D eigenvalue weighted by Gasteiger charge is -2.42. The Morgan fingerprint density at radius 2 is 1.56 bits per heavy atom. The normalized spacial score (nSPS) is 33.1. The van der Waals surface area contributed by atoms with Crippen molar-refractivity contribution in [1.82, 2.24) is 5.32 Å². The van der Waals surface area contributed by atoms with Crippen LogP contribution in [0.2, 0.25) is 0 Å². The third kappa shape index (κ3) is 6.77. The predicted molar refractivity (Wildman–Crippen MR) is 82.1 cm³/mol. The first-order chi connectivity index (χ1) is 11.6. The van der Waals surface area contributed by atoms with Crippen LogP contribution in [-0.2, 0) is 13.8 Å². The second-order valence-electron chi connectivity index (χ2n) is 5.67. The highest BCUT2D eigenvalue weighted by atomic mass is 31.2. The Labute approximate surface area is 143 Å². The number of rotatable bonds is 8. The lowest BCUT2D eigenvalue weighted by Crippen LogP contribution is -2.65. The highest BCUT2D eigenvalue weighted by Crippen LogP contribution is 2.41. The molecule has 0 heterocycles. The number of ether oxygens (including phenoxy) is 1. The molecular weight excluding hydrogens is 363 g/mol. The van der Waals surface area contributed by atoms with Gasteiger partial charge in [-0.3, -0.25) is 4.52 Å². The summed E-state index contributed by atoms with van der Waals surface area (Å²) in [5.41, 5.74) is 5.33. The second kappa shape index (κ2) is 9.76. The highest BCUT2D eigenvalue weighted by Gasteiger charge is 2.53. The maximum atomic E-state index is 11.7. The summed E-state index contributed by atoms with van der Waals surface area (Å²) in [5, 5.41) is 41.7. The van der Waals surface area contributed by atoms with E-state index >= 15 is 0 Å². The molecule has 1 fully saturated rings. The van der Waals surface area contributed by atoms with E-state index in [0.29, 0.717) is 13.0 Å². The summed E-state index contributed by atoms with van der Waals surface area (Å²) in [6.07, 6.45) is -10.4. The van der Waals surface area contributed by atoms with Crippen LogP contribution in [0.15, 0.2) is 0 Å². The van der Waals surface area contributed by atoms with Crippen LogP contribution < -0.4 is 11.1 Å². The summed E-state index contributed by atoms with van der Waals surface area (Å²) in [7, 11) is -5.12. The molecule has 9 N–H and O–H groups in total. The van der Waals surface area contributed by atoms with Crippen LogP contribution in [0.4, 0.5) is 4.79 Å². The van der Waals surface area contributed by atoms with Crippen molar-refractivity contribution in [3.8, 4) is 0 Å². The Morgan fingerprint density at radius 3 is 2.12 bits per heavy atom. The molecule has 0 aromatic heterocycles. The van der Waals surface area contributed by atoms with Gasteiger partial charge in [0.15, 0.2) is 6.10 Å².